The quantitative estimate of drug-likeness (QED) is 0.189. The van der Waals surface area contributed by atoms with E-state index in [2.05, 4.69) is 72.4 Å². The number of hydrogen-bond donors (Lipinski definition) is 2. The van der Waals surface area contributed by atoms with E-state index in [1.54, 1.807) is 19.9 Å². The number of nitrogens with zero attached hydrogens (tertiary/aromatic N) is 2. The van der Waals surface area contributed by atoms with E-state index < -0.39 is 28.9 Å². The van der Waals surface area contributed by atoms with Crippen LogP contribution in [0.3, 0.4) is 0 Å². The van der Waals surface area contributed by atoms with Crippen molar-refractivity contribution in [2.24, 2.45) is 56.2 Å². The lowest BCUT2D eigenvalue weighted by Gasteiger charge is -2.72. The number of halogens is 2. The SMILES string of the molecule is CC(C)C1=C2[C@H]3CC[C@@H]4[C@@]5(C)CC[C@H](OC(=O)CC(C)(C)C(=O)O)C(C)(C)C5CC[C@@]4(C)[C@]3(C)CCC2(C(O)CN(CCN(C)C)Cc2ccc(Cl)cc2Cl)CC1=O. The van der Waals surface area contributed by atoms with Crippen molar-refractivity contribution in [1.82, 2.24) is 9.80 Å². The molecule has 1 aromatic carbocycles. The molecule has 0 bridgehead atoms. The molecule has 0 aromatic heterocycles. The van der Waals surface area contributed by atoms with Crippen LogP contribution in [-0.4, -0.2) is 83.7 Å². The number of aliphatic carboxylic acids is 1. The van der Waals surface area contributed by atoms with Gasteiger partial charge in [0, 0.05) is 53.5 Å². The number of rotatable bonds is 13. The summed E-state index contributed by atoms with van der Waals surface area (Å²) in [7, 11) is 4.13. The van der Waals surface area contributed by atoms with Gasteiger partial charge in [-0.25, -0.2) is 0 Å². The summed E-state index contributed by atoms with van der Waals surface area (Å²) in [5.41, 5.74) is 1.20. The van der Waals surface area contributed by atoms with Crippen molar-refractivity contribution in [2.75, 3.05) is 33.7 Å². The number of aliphatic hydroxyl groups is 1. The number of carboxylic acid groups (broad SMARTS) is 1. The van der Waals surface area contributed by atoms with E-state index in [4.69, 9.17) is 27.9 Å². The Hall–Kier alpha value is -1.97. The number of carbonyl (C=O) groups is 3. The number of aliphatic hydroxyl groups excluding tert-OH is 1. The van der Waals surface area contributed by atoms with Crippen molar-refractivity contribution in [3.63, 3.8) is 0 Å². The lowest BCUT2D eigenvalue weighted by molar-refractivity contribution is -0.235. The van der Waals surface area contributed by atoms with E-state index in [-0.39, 0.29) is 51.8 Å². The minimum Gasteiger partial charge on any atom is -0.481 e. The van der Waals surface area contributed by atoms with Crippen molar-refractivity contribution in [3.8, 4) is 0 Å². The number of esters is 1. The van der Waals surface area contributed by atoms with Gasteiger partial charge in [0.25, 0.3) is 0 Å². The Bertz CT molecular complexity index is 1810. The van der Waals surface area contributed by atoms with Gasteiger partial charge >= 0.3 is 11.9 Å². The summed E-state index contributed by atoms with van der Waals surface area (Å²) in [5, 5.41) is 23.6. The predicted molar refractivity (Wildman–Crippen MR) is 232 cm³/mol. The molecule has 9 atom stereocenters. The van der Waals surface area contributed by atoms with Crippen LogP contribution in [0, 0.1) is 56.2 Å². The molecular formula is C48H72Cl2N2O6. The lowest BCUT2D eigenvalue weighted by atomic mass is 9.33. The minimum absolute atomic E-state index is 0.0210. The van der Waals surface area contributed by atoms with Crippen LogP contribution in [0.4, 0.5) is 0 Å². The Balaban J connectivity index is 1.29. The molecule has 2 N–H and O–H groups in total. The van der Waals surface area contributed by atoms with Crippen molar-refractivity contribution < 1.29 is 29.3 Å². The summed E-state index contributed by atoms with van der Waals surface area (Å²) in [6.07, 6.45) is 6.92. The molecule has 0 heterocycles. The largest absolute Gasteiger partial charge is 0.481 e. The van der Waals surface area contributed by atoms with Gasteiger partial charge in [0.2, 0.25) is 0 Å². The summed E-state index contributed by atoms with van der Waals surface area (Å²) >= 11 is 13.0. The van der Waals surface area contributed by atoms with E-state index in [0.29, 0.717) is 41.4 Å². The maximum Gasteiger partial charge on any atom is 0.309 e. The zero-order chi connectivity index (χ0) is 43.0. The van der Waals surface area contributed by atoms with Gasteiger partial charge in [-0.05, 0) is 142 Å². The van der Waals surface area contributed by atoms with Crippen LogP contribution in [0.5, 0.6) is 0 Å². The van der Waals surface area contributed by atoms with Gasteiger partial charge in [-0.1, -0.05) is 83.3 Å². The summed E-state index contributed by atoms with van der Waals surface area (Å²) in [6.45, 7) is 22.3. The third-order valence-corrected chi connectivity index (χ3v) is 17.8. The van der Waals surface area contributed by atoms with Crippen molar-refractivity contribution >= 4 is 40.9 Å². The Morgan fingerprint density at radius 3 is 2.24 bits per heavy atom. The van der Waals surface area contributed by atoms with E-state index in [1.807, 2.05) is 12.1 Å². The molecule has 8 nitrogen and oxygen atoms in total. The summed E-state index contributed by atoms with van der Waals surface area (Å²) in [4.78, 5) is 43.8. The highest BCUT2D eigenvalue weighted by Gasteiger charge is 2.71. The normalized spacial score (nSPS) is 35.1. The van der Waals surface area contributed by atoms with Crippen molar-refractivity contribution in [1.29, 1.82) is 0 Å². The third kappa shape index (κ3) is 7.64. The van der Waals surface area contributed by atoms with Gasteiger partial charge in [0.1, 0.15) is 6.10 Å². The Kier molecular flexibility index (Phi) is 12.6. The van der Waals surface area contributed by atoms with E-state index in [0.717, 1.165) is 75.6 Å². The second-order valence-corrected chi connectivity index (χ2v) is 22.7. The van der Waals surface area contributed by atoms with Crippen LogP contribution in [0.1, 0.15) is 132 Å². The molecule has 5 aliphatic rings. The topological polar surface area (TPSA) is 107 Å². The fourth-order valence-electron chi connectivity index (χ4n) is 13.8. The smallest absolute Gasteiger partial charge is 0.309 e. The molecule has 10 heteroatoms. The molecule has 6 rings (SSSR count). The zero-order valence-electron chi connectivity index (χ0n) is 37.3. The van der Waals surface area contributed by atoms with Crippen molar-refractivity contribution in [2.45, 2.75) is 145 Å². The first-order valence-corrected chi connectivity index (χ1v) is 22.8. The van der Waals surface area contributed by atoms with Crippen LogP contribution in [-0.2, 0) is 25.7 Å². The Morgan fingerprint density at radius 2 is 1.62 bits per heavy atom. The number of Topliss-reactive ketones (excluding diaryl/α,β-unsaturated/α-hetero) is 1. The van der Waals surface area contributed by atoms with E-state index in [9.17, 15) is 24.6 Å². The fourth-order valence-corrected chi connectivity index (χ4v) is 14.3. The number of ketones is 1. The molecule has 324 valence electrons. The van der Waals surface area contributed by atoms with Gasteiger partial charge in [-0.15, -0.1) is 0 Å². The second-order valence-electron chi connectivity index (χ2n) is 21.8. The number of benzene rings is 1. The maximum absolute atomic E-state index is 14.3. The van der Waals surface area contributed by atoms with Gasteiger partial charge in [-0.3, -0.25) is 19.3 Å². The molecule has 4 saturated carbocycles. The molecule has 0 aliphatic heterocycles. The van der Waals surface area contributed by atoms with Crippen LogP contribution < -0.4 is 0 Å². The van der Waals surface area contributed by atoms with E-state index in [1.165, 1.54) is 5.57 Å². The van der Waals surface area contributed by atoms with E-state index >= 15 is 0 Å². The number of hydrogen-bond acceptors (Lipinski definition) is 7. The lowest BCUT2D eigenvalue weighted by Crippen LogP contribution is -2.66. The second kappa shape index (κ2) is 16.1. The highest BCUT2D eigenvalue weighted by atomic mass is 35.5. The fraction of sp³-hybridized carbons (Fsp3) is 0.771. The molecule has 5 aliphatic carbocycles. The maximum atomic E-state index is 14.3. The van der Waals surface area contributed by atoms with Gasteiger partial charge in [0.05, 0.1) is 17.9 Å². The highest BCUT2D eigenvalue weighted by Crippen LogP contribution is 2.77. The Labute approximate surface area is 358 Å². The molecule has 1 aromatic rings. The molecule has 58 heavy (non-hydrogen) atoms. The van der Waals surface area contributed by atoms with Crippen LogP contribution >= 0.6 is 23.2 Å². The van der Waals surface area contributed by atoms with Crippen molar-refractivity contribution in [3.05, 3.63) is 45.0 Å². The van der Waals surface area contributed by atoms with Gasteiger partial charge < -0.3 is 19.8 Å². The number of ether oxygens (including phenoxy) is 1. The summed E-state index contributed by atoms with van der Waals surface area (Å²) in [5.74, 6) is -0.0958. The first-order valence-electron chi connectivity index (χ1n) is 22.0. The number of likely N-dealkylation sites (N-methyl/N-ethyl adjacent to an activating group) is 1. The first-order chi connectivity index (χ1) is 26.8. The predicted octanol–water partition coefficient (Wildman–Crippen LogP) is 10.1. The number of fused-ring (bicyclic) bond motifs is 7. The summed E-state index contributed by atoms with van der Waals surface area (Å²) < 4.78 is 6.19. The highest BCUT2D eigenvalue weighted by molar-refractivity contribution is 6.35. The van der Waals surface area contributed by atoms with Gasteiger partial charge in [-0.2, -0.15) is 0 Å². The molecule has 3 unspecified atom stereocenters. The Morgan fingerprint density at radius 1 is 0.931 bits per heavy atom. The van der Waals surface area contributed by atoms with Crippen LogP contribution in [0.15, 0.2) is 29.3 Å². The zero-order valence-corrected chi connectivity index (χ0v) is 38.8. The number of carboxylic acids is 1. The first kappa shape index (κ1) is 45.6. The molecule has 0 amide bonds. The molecule has 0 radical (unpaired) electrons. The van der Waals surface area contributed by atoms with Crippen LogP contribution in [0.2, 0.25) is 10.0 Å². The molecule has 0 saturated heterocycles. The summed E-state index contributed by atoms with van der Waals surface area (Å²) in [6, 6.07) is 5.62. The molecule has 0 spiro atoms. The third-order valence-electron chi connectivity index (χ3n) is 17.2. The molecule has 4 fully saturated rings. The standard InChI is InChI=1S/C48H72Cl2N2O6/c1-29(2)40-34(53)25-48(37(54)28-52(23-22-51(10)11)27-30-12-13-31(49)24-33(30)50)21-20-46(8)32(41(40)48)14-15-36-45(7)18-17-38(58-39(55)26-43(3,4)42(56)57)44(5,6)35(45)16-19-47(36,46)9/h12-13,24,29,32,35-38,54H,14-23,25-28H2,1-11H3,(H,56,57)/t32-,35?,36-,37?,38+,45+,46-,47-,48?/m1/s1. The monoisotopic (exact) mass is 842 g/mol. The van der Waals surface area contributed by atoms with Crippen LogP contribution in [0.25, 0.3) is 0 Å². The number of allylic oxidation sites excluding steroid dienone is 1. The number of carbonyl (C=O) groups excluding carboxylic acids is 2. The molecular weight excluding hydrogens is 771 g/mol. The van der Waals surface area contributed by atoms with Gasteiger partial charge in [0.15, 0.2) is 5.78 Å². The average molecular weight is 844 g/mol. The minimum atomic E-state index is -1.18. The average Bonchev–Trinajstić information content (AvgIpc) is 3.43.